The summed E-state index contributed by atoms with van der Waals surface area (Å²) in [6.45, 7) is 5.63. The fourth-order valence-electron chi connectivity index (χ4n) is 4.50. The summed E-state index contributed by atoms with van der Waals surface area (Å²) in [7, 11) is 0. The second kappa shape index (κ2) is 16.6. The van der Waals surface area contributed by atoms with Crippen molar-refractivity contribution >= 4 is 34.2 Å². The van der Waals surface area contributed by atoms with E-state index in [1.165, 1.54) is 10.9 Å². The number of hydrogen-bond acceptors (Lipinski definition) is 12. The maximum Gasteiger partial charge on any atom is 0.226 e. The number of anilines is 1. The van der Waals surface area contributed by atoms with E-state index in [1.807, 2.05) is 36.1 Å². The average molecular weight is 618 g/mol. The lowest BCUT2D eigenvalue weighted by Crippen LogP contribution is -2.29. The molecule has 0 radical (unpaired) electrons. The van der Waals surface area contributed by atoms with Crippen LogP contribution in [0.3, 0.4) is 0 Å². The topological polar surface area (TPSA) is 151 Å². The maximum atomic E-state index is 12.3. The highest BCUT2D eigenvalue weighted by Gasteiger charge is 2.44. The first-order valence-corrected chi connectivity index (χ1v) is 14.2. The number of Topliss-reactive ketones (excluding diaryl/α,β-unsaturated/α-hetero) is 1. The van der Waals surface area contributed by atoms with Crippen LogP contribution in [0.2, 0.25) is 5.28 Å². The van der Waals surface area contributed by atoms with Crippen LogP contribution in [-0.4, -0.2) is 114 Å². The Balaban J connectivity index is 1.40. The number of nitrogens with zero attached hydrogens (tertiary/aromatic N) is 5. The summed E-state index contributed by atoms with van der Waals surface area (Å²) < 4.78 is 28.8. The van der Waals surface area contributed by atoms with Crippen molar-refractivity contribution in [2.75, 3.05) is 70.9 Å². The van der Waals surface area contributed by atoms with Crippen LogP contribution in [0, 0.1) is 19.3 Å². The molecule has 4 rings (SSSR count). The molecule has 43 heavy (non-hydrogen) atoms. The summed E-state index contributed by atoms with van der Waals surface area (Å²) in [5, 5.41) is 24.8. The maximum absolute atomic E-state index is 12.3. The second-order valence-corrected chi connectivity index (χ2v) is 9.97. The van der Waals surface area contributed by atoms with Crippen molar-refractivity contribution in [2.45, 2.75) is 31.9 Å². The van der Waals surface area contributed by atoms with E-state index in [1.54, 1.807) is 0 Å². The zero-order chi connectivity index (χ0) is 30.6. The van der Waals surface area contributed by atoms with Gasteiger partial charge in [0.25, 0.3) is 0 Å². The molecule has 2 aromatic heterocycles. The first-order valence-electron chi connectivity index (χ1n) is 13.9. The van der Waals surface area contributed by atoms with E-state index >= 15 is 0 Å². The van der Waals surface area contributed by atoms with Crippen LogP contribution in [-0.2, 0) is 35.0 Å². The van der Waals surface area contributed by atoms with Crippen LogP contribution in [0.5, 0.6) is 0 Å². The lowest BCUT2D eigenvalue weighted by molar-refractivity contribution is -0.128. The molecule has 14 heteroatoms. The Labute approximate surface area is 254 Å². The molecule has 0 spiro atoms. The third-order valence-corrected chi connectivity index (χ3v) is 6.89. The SMILES string of the molecule is C#CCOCCOCCOCCOCCN(Cc1ccccc1C)c1nc(Cl)nc2c1cnn2[C@@H]1O[C@H](CO)C(=O)C1O. The van der Waals surface area contributed by atoms with Gasteiger partial charge in [-0.2, -0.15) is 15.1 Å². The zero-order valence-electron chi connectivity index (χ0n) is 23.9. The Morgan fingerprint density at radius 1 is 1.07 bits per heavy atom. The molecule has 1 unspecified atom stereocenters. The number of carbonyl (C=O) groups is 1. The van der Waals surface area contributed by atoms with E-state index in [4.69, 9.17) is 41.7 Å². The third kappa shape index (κ3) is 8.69. The molecule has 232 valence electrons. The summed E-state index contributed by atoms with van der Waals surface area (Å²) in [5.74, 6) is 2.27. The van der Waals surface area contributed by atoms with Gasteiger partial charge in [0.15, 0.2) is 23.8 Å². The van der Waals surface area contributed by atoms with Crippen LogP contribution in [0.4, 0.5) is 5.82 Å². The number of aliphatic hydroxyl groups excluding tert-OH is 2. The molecule has 1 aliphatic heterocycles. The molecule has 3 aromatic rings. The van der Waals surface area contributed by atoms with Gasteiger partial charge in [0.2, 0.25) is 5.28 Å². The minimum atomic E-state index is -1.52. The van der Waals surface area contributed by atoms with E-state index in [-0.39, 0.29) is 17.5 Å². The van der Waals surface area contributed by atoms with Gasteiger partial charge in [0.1, 0.15) is 18.5 Å². The number of ketones is 1. The molecule has 1 saturated heterocycles. The van der Waals surface area contributed by atoms with E-state index in [0.717, 1.165) is 11.1 Å². The molecule has 2 N–H and O–H groups in total. The molecular formula is C29H36ClN5O8. The molecular weight excluding hydrogens is 582 g/mol. The largest absolute Gasteiger partial charge is 0.393 e. The van der Waals surface area contributed by atoms with Gasteiger partial charge in [-0.1, -0.05) is 30.2 Å². The highest BCUT2D eigenvalue weighted by Crippen LogP contribution is 2.32. The fraction of sp³-hybridized carbons (Fsp3) is 0.517. The molecule has 13 nitrogen and oxygen atoms in total. The number of halogens is 1. The van der Waals surface area contributed by atoms with E-state index in [0.29, 0.717) is 70.5 Å². The minimum Gasteiger partial charge on any atom is -0.393 e. The number of fused-ring (bicyclic) bond motifs is 1. The summed E-state index contributed by atoms with van der Waals surface area (Å²) >= 11 is 6.37. The van der Waals surface area contributed by atoms with Crippen LogP contribution in [0.15, 0.2) is 30.5 Å². The molecule has 3 heterocycles. The van der Waals surface area contributed by atoms with Crippen molar-refractivity contribution in [3.63, 3.8) is 0 Å². The number of aryl methyl sites for hydroxylation is 1. The smallest absolute Gasteiger partial charge is 0.226 e. The Kier molecular flexibility index (Phi) is 12.6. The summed E-state index contributed by atoms with van der Waals surface area (Å²) in [6.07, 6.45) is 2.82. The summed E-state index contributed by atoms with van der Waals surface area (Å²) in [5.41, 5.74) is 2.46. The molecule has 1 fully saturated rings. The van der Waals surface area contributed by atoms with Gasteiger partial charge in [-0.15, -0.1) is 6.42 Å². The van der Waals surface area contributed by atoms with Crippen LogP contribution in [0.1, 0.15) is 17.4 Å². The van der Waals surface area contributed by atoms with Gasteiger partial charge in [-0.25, -0.2) is 4.68 Å². The summed E-state index contributed by atoms with van der Waals surface area (Å²) in [6, 6.07) is 8.01. The number of ether oxygens (including phenoxy) is 5. The fourth-order valence-corrected chi connectivity index (χ4v) is 4.66. The van der Waals surface area contributed by atoms with Gasteiger partial charge in [-0.3, -0.25) is 4.79 Å². The van der Waals surface area contributed by atoms with E-state index in [9.17, 15) is 15.0 Å². The van der Waals surface area contributed by atoms with Crippen molar-refractivity contribution in [3.8, 4) is 12.3 Å². The van der Waals surface area contributed by atoms with Crippen LogP contribution in [0.25, 0.3) is 11.0 Å². The lowest BCUT2D eigenvalue weighted by atomic mass is 10.1. The lowest BCUT2D eigenvalue weighted by Gasteiger charge is -2.25. The van der Waals surface area contributed by atoms with Gasteiger partial charge in [0, 0.05) is 13.1 Å². The number of carbonyl (C=O) groups excluding carboxylic acids is 1. The number of aromatic nitrogens is 4. The highest BCUT2D eigenvalue weighted by atomic mass is 35.5. The van der Waals surface area contributed by atoms with Gasteiger partial charge >= 0.3 is 0 Å². The number of rotatable bonds is 18. The Hall–Kier alpha value is -3.19. The van der Waals surface area contributed by atoms with Gasteiger partial charge in [-0.05, 0) is 29.7 Å². The molecule has 1 aromatic carbocycles. The Bertz CT molecular complexity index is 1380. The molecule has 0 amide bonds. The Morgan fingerprint density at radius 2 is 1.74 bits per heavy atom. The highest BCUT2D eigenvalue weighted by molar-refractivity contribution is 6.28. The zero-order valence-corrected chi connectivity index (χ0v) is 24.7. The number of terminal acetylenes is 1. The van der Waals surface area contributed by atoms with Crippen molar-refractivity contribution in [1.82, 2.24) is 19.7 Å². The average Bonchev–Trinajstić information content (AvgIpc) is 3.55. The van der Waals surface area contributed by atoms with E-state index in [2.05, 4.69) is 21.0 Å². The summed E-state index contributed by atoms with van der Waals surface area (Å²) in [4.78, 5) is 23.1. The number of hydrogen-bond donors (Lipinski definition) is 2. The predicted octanol–water partition coefficient (Wildman–Crippen LogP) is 1.31. The standard InChI is InChI=1S/C29H36ClN5O8/c1-3-9-39-11-13-41-15-16-42-14-12-40-10-8-34(18-21-7-5-4-6-20(21)2)26-22-17-31-35(27(22)33-29(30)32-26)28-25(38)24(37)23(19-36)43-28/h1,4-7,17,23,25,28,36,38H,8-16,18-19H2,2H3/t23-,25?,28-/m1/s1. The van der Waals surface area contributed by atoms with Crippen molar-refractivity contribution < 1.29 is 38.7 Å². The Morgan fingerprint density at radius 3 is 2.40 bits per heavy atom. The predicted molar refractivity (Wildman–Crippen MR) is 157 cm³/mol. The van der Waals surface area contributed by atoms with Gasteiger partial charge < -0.3 is 38.8 Å². The molecule has 0 aliphatic carbocycles. The third-order valence-electron chi connectivity index (χ3n) is 6.72. The normalized spacial score (nSPS) is 18.4. The first-order chi connectivity index (χ1) is 20.9. The molecule has 0 saturated carbocycles. The number of benzene rings is 1. The van der Waals surface area contributed by atoms with Crippen LogP contribution >= 0.6 is 11.6 Å². The monoisotopic (exact) mass is 617 g/mol. The minimum absolute atomic E-state index is 0.0456. The molecule has 0 bridgehead atoms. The first kappa shape index (κ1) is 32.7. The van der Waals surface area contributed by atoms with Crippen molar-refractivity contribution in [3.05, 3.63) is 46.9 Å². The van der Waals surface area contributed by atoms with Crippen LogP contribution < -0.4 is 4.90 Å². The molecule has 3 atom stereocenters. The quantitative estimate of drug-likeness (QED) is 0.120. The second-order valence-electron chi connectivity index (χ2n) is 9.63. The van der Waals surface area contributed by atoms with Crippen molar-refractivity contribution in [2.24, 2.45) is 0 Å². The van der Waals surface area contributed by atoms with E-state index < -0.39 is 30.8 Å². The number of aliphatic hydroxyl groups is 2. The van der Waals surface area contributed by atoms with Crippen molar-refractivity contribution in [1.29, 1.82) is 0 Å². The van der Waals surface area contributed by atoms with Gasteiger partial charge in [0.05, 0.1) is 64.4 Å². The molecule has 1 aliphatic rings.